The molecule has 0 aliphatic carbocycles. The molecule has 2 aliphatic rings. The summed E-state index contributed by atoms with van der Waals surface area (Å²) in [5, 5.41) is 2.76. The first-order valence-corrected chi connectivity index (χ1v) is 9.70. The van der Waals surface area contributed by atoms with Gasteiger partial charge in [0, 0.05) is 25.2 Å². The van der Waals surface area contributed by atoms with E-state index in [9.17, 15) is 22.4 Å². The number of hydrogen-bond acceptors (Lipinski definition) is 4. The minimum atomic E-state index is -2.96. The average Bonchev–Trinajstić information content (AvgIpc) is 3.08. The summed E-state index contributed by atoms with van der Waals surface area (Å²) in [6.07, 6.45) is 0.667. The van der Waals surface area contributed by atoms with Crippen LogP contribution in [0.25, 0.3) is 0 Å². The molecule has 2 amide bonds. The van der Waals surface area contributed by atoms with Gasteiger partial charge >= 0.3 is 0 Å². The topological polar surface area (TPSA) is 83.5 Å². The highest BCUT2D eigenvalue weighted by molar-refractivity contribution is 7.91. The standard InChI is InChI=1S/C16H19FN2O4S/c17-13-1-3-14(4-2-13)19-9-12(7-15(19)20)16(21)18-8-11-5-6-24(22,23)10-11/h1-4,11-12H,5-10H2,(H,18,21)/t11-,12-/m0/s1. The molecule has 2 fully saturated rings. The summed E-state index contributed by atoms with van der Waals surface area (Å²) in [5.41, 5.74) is 0.568. The van der Waals surface area contributed by atoms with Crippen LogP contribution in [0.3, 0.4) is 0 Å². The Balaban J connectivity index is 1.55. The molecule has 24 heavy (non-hydrogen) atoms. The van der Waals surface area contributed by atoms with Gasteiger partial charge in [0.2, 0.25) is 11.8 Å². The number of sulfone groups is 1. The highest BCUT2D eigenvalue weighted by atomic mass is 32.2. The van der Waals surface area contributed by atoms with E-state index in [1.807, 2.05) is 0 Å². The third-order valence-corrected chi connectivity index (χ3v) is 6.36. The van der Waals surface area contributed by atoms with Crippen LogP contribution in [-0.4, -0.2) is 44.8 Å². The van der Waals surface area contributed by atoms with Crippen LogP contribution in [0.4, 0.5) is 10.1 Å². The van der Waals surface area contributed by atoms with Gasteiger partial charge in [0.25, 0.3) is 0 Å². The van der Waals surface area contributed by atoms with Crippen molar-refractivity contribution in [3.8, 4) is 0 Å². The van der Waals surface area contributed by atoms with Crippen LogP contribution in [0.1, 0.15) is 12.8 Å². The predicted octanol–water partition coefficient (Wildman–Crippen LogP) is 0.730. The molecule has 0 unspecified atom stereocenters. The zero-order valence-electron chi connectivity index (χ0n) is 13.1. The van der Waals surface area contributed by atoms with E-state index in [4.69, 9.17) is 0 Å². The second-order valence-electron chi connectivity index (χ2n) is 6.40. The first kappa shape index (κ1) is 16.9. The summed E-state index contributed by atoms with van der Waals surface area (Å²) >= 11 is 0. The van der Waals surface area contributed by atoms with Crippen molar-refractivity contribution in [3.63, 3.8) is 0 Å². The van der Waals surface area contributed by atoms with E-state index < -0.39 is 15.8 Å². The van der Waals surface area contributed by atoms with Gasteiger partial charge in [-0.3, -0.25) is 9.59 Å². The Morgan fingerprint density at radius 3 is 2.62 bits per heavy atom. The lowest BCUT2D eigenvalue weighted by Crippen LogP contribution is -2.36. The highest BCUT2D eigenvalue weighted by Crippen LogP contribution is 2.25. The zero-order chi connectivity index (χ0) is 17.3. The normalized spacial score (nSPS) is 25.9. The van der Waals surface area contributed by atoms with Crippen molar-refractivity contribution >= 4 is 27.3 Å². The molecular weight excluding hydrogens is 335 g/mol. The second kappa shape index (κ2) is 6.51. The van der Waals surface area contributed by atoms with Crippen molar-refractivity contribution in [1.82, 2.24) is 5.32 Å². The van der Waals surface area contributed by atoms with Gasteiger partial charge in [-0.15, -0.1) is 0 Å². The van der Waals surface area contributed by atoms with Gasteiger partial charge in [0.15, 0.2) is 9.84 Å². The van der Waals surface area contributed by atoms with Crippen LogP contribution in [0.15, 0.2) is 24.3 Å². The fourth-order valence-corrected chi connectivity index (χ4v) is 5.04. The number of hydrogen-bond donors (Lipinski definition) is 1. The first-order chi connectivity index (χ1) is 11.3. The Morgan fingerprint density at radius 2 is 2.00 bits per heavy atom. The maximum atomic E-state index is 13.0. The lowest BCUT2D eigenvalue weighted by Gasteiger charge is -2.17. The van der Waals surface area contributed by atoms with Crippen molar-refractivity contribution in [2.24, 2.45) is 11.8 Å². The van der Waals surface area contributed by atoms with Crippen LogP contribution < -0.4 is 10.2 Å². The summed E-state index contributed by atoms with van der Waals surface area (Å²) in [6, 6.07) is 5.57. The quantitative estimate of drug-likeness (QED) is 0.864. The number of halogens is 1. The summed E-state index contributed by atoms with van der Waals surface area (Å²) in [7, 11) is -2.96. The molecule has 0 spiro atoms. The number of carbonyl (C=O) groups excluding carboxylic acids is 2. The van der Waals surface area contributed by atoms with E-state index in [2.05, 4.69) is 5.32 Å². The number of carbonyl (C=O) groups is 2. The maximum Gasteiger partial charge on any atom is 0.227 e. The smallest absolute Gasteiger partial charge is 0.227 e. The van der Waals surface area contributed by atoms with E-state index in [-0.39, 0.29) is 48.0 Å². The Kier molecular flexibility index (Phi) is 4.58. The third kappa shape index (κ3) is 3.75. The van der Waals surface area contributed by atoms with Crippen molar-refractivity contribution in [3.05, 3.63) is 30.1 Å². The number of nitrogens with zero attached hydrogens (tertiary/aromatic N) is 1. The molecule has 1 N–H and O–H groups in total. The molecule has 3 rings (SSSR count). The molecule has 130 valence electrons. The Morgan fingerprint density at radius 1 is 1.29 bits per heavy atom. The zero-order valence-corrected chi connectivity index (χ0v) is 13.9. The Labute approximate surface area is 139 Å². The van der Waals surface area contributed by atoms with E-state index >= 15 is 0 Å². The van der Waals surface area contributed by atoms with Gasteiger partial charge < -0.3 is 10.2 Å². The van der Waals surface area contributed by atoms with Gasteiger partial charge in [0.1, 0.15) is 5.82 Å². The minimum Gasteiger partial charge on any atom is -0.355 e. The van der Waals surface area contributed by atoms with E-state index in [0.29, 0.717) is 18.7 Å². The highest BCUT2D eigenvalue weighted by Gasteiger charge is 2.36. The molecule has 2 heterocycles. The number of nitrogens with one attached hydrogen (secondary N) is 1. The van der Waals surface area contributed by atoms with E-state index in [1.165, 1.54) is 29.2 Å². The van der Waals surface area contributed by atoms with Crippen molar-refractivity contribution < 1.29 is 22.4 Å². The molecule has 2 aliphatic heterocycles. The summed E-state index contributed by atoms with van der Waals surface area (Å²) in [5.74, 6) is -1.04. The summed E-state index contributed by atoms with van der Waals surface area (Å²) in [4.78, 5) is 25.8. The predicted molar refractivity (Wildman–Crippen MR) is 86.6 cm³/mol. The fraction of sp³-hybridized carbons (Fsp3) is 0.500. The molecule has 1 aromatic carbocycles. The van der Waals surface area contributed by atoms with Crippen molar-refractivity contribution in [1.29, 1.82) is 0 Å². The number of amides is 2. The van der Waals surface area contributed by atoms with Gasteiger partial charge in [-0.25, -0.2) is 12.8 Å². The Bertz CT molecular complexity index is 748. The SMILES string of the molecule is O=C(NC[C@@H]1CCS(=O)(=O)C1)[C@H]1CC(=O)N(c2ccc(F)cc2)C1. The molecule has 0 bridgehead atoms. The largest absolute Gasteiger partial charge is 0.355 e. The monoisotopic (exact) mass is 354 g/mol. The molecule has 2 atom stereocenters. The van der Waals surface area contributed by atoms with Crippen LogP contribution in [-0.2, 0) is 19.4 Å². The van der Waals surface area contributed by atoms with Crippen molar-refractivity contribution in [2.45, 2.75) is 12.8 Å². The average molecular weight is 354 g/mol. The molecule has 0 radical (unpaired) electrons. The van der Waals surface area contributed by atoms with Crippen LogP contribution >= 0.6 is 0 Å². The lowest BCUT2D eigenvalue weighted by atomic mass is 10.1. The lowest BCUT2D eigenvalue weighted by molar-refractivity contribution is -0.126. The Hall–Kier alpha value is -1.96. The second-order valence-corrected chi connectivity index (χ2v) is 8.62. The van der Waals surface area contributed by atoms with Crippen LogP contribution in [0.2, 0.25) is 0 Å². The summed E-state index contributed by atoms with van der Waals surface area (Å²) < 4.78 is 35.8. The summed E-state index contributed by atoms with van der Waals surface area (Å²) in [6.45, 7) is 0.568. The van der Waals surface area contributed by atoms with Crippen LogP contribution in [0.5, 0.6) is 0 Å². The molecule has 2 saturated heterocycles. The van der Waals surface area contributed by atoms with Crippen LogP contribution in [0, 0.1) is 17.7 Å². The number of rotatable bonds is 4. The molecular formula is C16H19FN2O4S. The number of anilines is 1. The van der Waals surface area contributed by atoms with E-state index in [0.717, 1.165) is 0 Å². The molecule has 6 nitrogen and oxygen atoms in total. The van der Waals surface area contributed by atoms with Gasteiger partial charge in [-0.05, 0) is 36.6 Å². The minimum absolute atomic E-state index is 0.0516. The molecule has 0 aromatic heterocycles. The molecule has 1 aromatic rings. The van der Waals surface area contributed by atoms with Gasteiger partial charge in [0.05, 0.1) is 17.4 Å². The third-order valence-electron chi connectivity index (χ3n) is 4.53. The van der Waals surface area contributed by atoms with E-state index in [1.54, 1.807) is 0 Å². The van der Waals surface area contributed by atoms with Crippen molar-refractivity contribution in [2.75, 3.05) is 29.5 Å². The number of benzene rings is 1. The first-order valence-electron chi connectivity index (χ1n) is 7.88. The van der Waals surface area contributed by atoms with Gasteiger partial charge in [-0.2, -0.15) is 0 Å². The molecule has 0 saturated carbocycles. The van der Waals surface area contributed by atoms with Gasteiger partial charge in [-0.1, -0.05) is 0 Å². The molecule has 8 heteroatoms. The fourth-order valence-electron chi connectivity index (χ4n) is 3.18. The maximum absolute atomic E-state index is 13.0.